The second-order valence-corrected chi connectivity index (χ2v) is 6.06. The van der Waals surface area contributed by atoms with Crippen molar-refractivity contribution >= 4 is 11.3 Å². The first-order valence-corrected chi connectivity index (χ1v) is 8.09. The molecule has 1 fully saturated rings. The molecule has 17 heavy (non-hydrogen) atoms. The minimum absolute atomic E-state index is 0.794. The van der Waals surface area contributed by atoms with Crippen LogP contribution < -0.4 is 5.32 Å². The van der Waals surface area contributed by atoms with Gasteiger partial charge in [0.1, 0.15) is 0 Å². The summed E-state index contributed by atoms with van der Waals surface area (Å²) in [6.07, 6.45) is 9.61. The van der Waals surface area contributed by atoms with Gasteiger partial charge < -0.3 is 5.32 Å². The normalized spacial score (nSPS) is 25.0. The molecule has 1 heterocycles. The van der Waals surface area contributed by atoms with Crippen molar-refractivity contribution in [3.8, 4) is 0 Å². The van der Waals surface area contributed by atoms with Crippen molar-refractivity contribution in [2.45, 2.75) is 57.9 Å². The van der Waals surface area contributed by atoms with Gasteiger partial charge in [-0.25, -0.2) is 0 Å². The van der Waals surface area contributed by atoms with Crippen molar-refractivity contribution in [1.29, 1.82) is 0 Å². The molecule has 0 amide bonds. The lowest BCUT2D eigenvalue weighted by atomic mass is 9.81. The molecular formula is C15H25NS. The summed E-state index contributed by atoms with van der Waals surface area (Å²) in [6, 6.07) is 3.07. The predicted octanol–water partition coefficient (Wildman–Crippen LogP) is 4.24. The average Bonchev–Trinajstić information content (AvgIpc) is 2.88. The van der Waals surface area contributed by atoms with Crippen LogP contribution in [0.3, 0.4) is 0 Å². The smallest absolute Gasteiger partial charge is 0.00954 e. The van der Waals surface area contributed by atoms with Crippen LogP contribution in [-0.4, -0.2) is 12.6 Å². The number of nitrogens with one attached hydrogen (secondary N) is 1. The molecule has 0 radical (unpaired) electrons. The van der Waals surface area contributed by atoms with Crippen LogP contribution in [0.15, 0.2) is 16.8 Å². The van der Waals surface area contributed by atoms with Crippen molar-refractivity contribution in [2.75, 3.05) is 6.54 Å². The Labute approximate surface area is 110 Å². The van der Waals surface area contributed by atoms with Crippen molar-refractivity contribution < 1.29 is 0 Å². The minimum atomic E-state index is 0.794. The third-order valence-electron chi connectivity index (χ3n) is 3.95. The number of thiophene rings is 1. The highest BCUT2D eigenvalue weighted by molar-refractivity contribution is 7.07. The van der Waals surface area contributed by atoms with E-state index in [2.05, 4.69) is 29.1 Å². The van der Waals surface area contributed by atoms with E-state index in [1.54, 1.807) is 0 Å². The number of hydrogen-bond acceptors (Lipinski definition) is 2. The molecule has 2 heteroatoms. The lowest BCUT2D eigenvalue weighted by molar-refractivity contribution is 0.250. The van der Waals surface area contributed by atoms with Gasteiger partial charge in [0.05, 0.1) is 0 Å². The second kappa shape index (κ2) is 7.17. The Kier molecular flexibility index (Phi) is 5.53. The quantitative estimate of drug-likeness (QED) is 0.797. The molecule has 1 aromatic heterocycles. The standard InChI is InChI=1S/C15H25NS/c1-2-10-16-15-6-4-3-5-14(15)8-7-13-9-11-17-12-13/h9,11-12,14-16H,2-8,10H2,1H3. The summed E-state index contributed by atoms with van der Waals surface area (Å²) in [6.45, 7) is 3.45. The molecule has 0 aliphatic heterocycles. The maximum absolute atomic E-state index is 3.75. The van der Waals surface area contributed by atoms with Crippen LogP contribution in [-0.2, 0) is 6.42 Å². The van der Waals surface area contributed by atoms with Gasteiger partial charge in [-0.15, -0.1) is 0 Å². The van der Waals surface area contributed by atoms with E-state index in [-0.39, 0.29) is 0 Å². The summed E-state index contributed by atoms with van der Waals surface area (Å²) in [4.78, 5) is 0. The van der Waals surface area contributed by atoms with E-state index in [1.165, 1.54) is 57.1 Å². The molecule has 1 saturated carbocycles. The van der Waals surface area contributed by atoms with Crippen molar-refractivity contribution in [2.24, 2.45) is 5.92 Å². The Morgan fingerprint density at radius 1 is 1.35 bits per heavy atom. The summed E-state index contributed by atoms with van der Waals surface area (Å²) in [7, 11) is 0. The fraction of sp³-hybridized carbons (Fsp3) is 0.733. The van der Waals surface area contributed by atoms with E-state index in [0.717, 1.165) is 12.0 Å². The van der Waals surface area contributed by atoms with Gasteiger partial charge in [0.25, 0.3) is 0 Å². The molecule has 1 N–H and O–H groups in total. The van der Waals surface area contributed by atoms with Crippen LogP contribution in [0.4, 0.5) is 0 Å². The molecule has 0 bridgehead atoms. The van der Waals surface area contributed by atoms with Crippen molar-refractivity contribution in [1.82, 2.24) is 5.32 Å². The molecule has 0 aromatic carbocycles. The summed E-state index contributed by atoms with van der Waals surface area (Å²) < 4.78 is 0. The van der Waals surface area contributed by atoms with E-state index in [9.17, 15) is 0 Å². The van der Waals surface area contributed by atoms with E-state index < -0.39 is 0 Å². The largest absolute Gasteiger partial charge is 0.314 e. The summed E-state index contributed by atoms with van der Waals surface area (Å²) in [5.74, 6) is 0.912. The molecule has 1 aromatic rings. The van der Waals surface area contributed by atoms with Crippen LogP contribution in [0.25, 0.3) is 0 Å². The van der Waals surface area contributed by atoms with Crippen LogP contribution in [0, 0.1) is 5.92 Å². The third-order valence-corrected chi connectivity index (χ3v) is 4.68. The van der Waals surface area contributed by atoms with Gasteiger partial charge in [0.15, 0.2) is 0 Å². The Morgan fingerprint density at radius 3 is 3.00 bits per heavy atom. The molecule has 1 aliphatic rings. The van der Waals surface area contributed by atoms with Crippen LogP contribution in [0.2, 0.25) is 0 Å². The Morgan fingerprint density at radius 2 is 2.24 bits per heavy atom. The lowest BCUT2D eigenvalue weighted by Gasteiger charge is -2.32. The molecule has 1 aliphatic carbocycles. The van der Waals surface area contributed by atoms with Crippen LogP contribution >= 0.6 is 11.3 Å². The molecule has 2 atom stereocenters. The zero-order chi connectivity index (χ0) is 11.9. The molecule has 0 spiro atoms. The highest BCUT2D eigenvalue weighted by Gasteiger charge is 2.23. The predicted molar refractivity (Wildman–Crippen MR) is 76.7 cm³/mol. The minimum Gasteiger partial charge on any atom is -0.314 e. The Bertz CT molecular complexity index is 294. The van der Waals surface area contributed by atoms with E-state index in [4.69, 9.17) is 0 Å². The van der Waals surface area contributed by atoms with Crippen LogP contribution in [0.1, 0.15) is 51.0 Å². The molecular weight excluding hydrogens is 226 g/mol. The van der Waals surface area contributed by atoms with Gasteiger partial charge in [-0.05, 0) is 67.0 Å². The first-order chi connectivity index (χ1) is 8.40. The maximum Gasteiger partial charge on any atom is 0.00954 e. The molecule has 0 saturated heterocycles. The first-order valence-electron chi connectivity index (χ1n) is 7.14. The van der Waals surface area contributed by atoms with Crippen LogP contribution in [0.5, 0.6) is 0 Å². The van der Waals surface area contributed by atoms with Crippen molar-refractivity contribution in [3.63, 3.8) is 0 Å². The number of hydrogen-bond donors (Lipinski definition) is 1. The number of rotatable bonds is 6. The fourth-order valence-electron chi connectivity index (χ4n) is 2.94. The fourth-order valence-corrected chi connectivity index (χ4v) is 3.64. The lowest BCUT2D eigenvalue weighted by Crippen LogP contribution is -2.39. The van der Waals surface area contributed by atoms with E-state index >= 15 is 0 Å². The molecule has 2 unspecified atom stereocenters. The molecule has 96 valence electrons. The Hall–Kier alpha value is -0.340. The SMILES string of the molecule is CCCNC1CCCCC1CCc1ccsc1. The highest BCUT2D eigenvalue weighted by atomic mass is 32.1. The van der Waals surface area contributed by atoms with Gasteiger partial charge in [-0.1, -0.05) is 19.8 Å². The second-order valence-electron chi connectivity index (χ2n) is 5.28. The maximum atomic E-state index is 3.75. The van der Waals surface area contributed by atoms with Gasteiger partial charge >= 0.3 is 0 Å². The van der Waals surface area contributed by atoms with Gasteiger partial charge in [-0.2, -0.15) is 11.3 Å². The number of aryl methyl sites for hydroxylation is 1. The molecule has 2 rings (SSSR count). The summed E-state index contributed by atoms with van der Waals surface area (Å²) >= 11 is 1.83. The van der Waals surface area contributed by atoms with Crippen molar-refractivity contribution in [3.05, 3.63) is 22.4 Å². The van der Waals surface area contributed by atoms with Gasteiger partial charge in [0, 0.05) is 6.04 Å². The van der Waals surface area contributed by atoms with E-state index in [1.807, 2.05) is 11.3 Å². The van der Waals surface area contributed by atoms with Gasteiger partial charge in [-0.3, -0.25) is 0 Å². The summed E-state index contributed by atoms with van der Waals surface area (Å²) in [5, 5.41) is 8.25. The zero-order valence-electron chi connectivity index (χ0n) is 11.0. The average molecular weight is 251 g/mol. The third kappa shape index (κ3) is 4.11. The van der Waals surface area contributed by atoms with Gasteiger partial charge in [0.2, 0.25) is 0 Å². The molecule has 1 nitrogen and oxygen atoms in total. The monoisotopic (exact) mass is 251 g/mol. The summed E-state index contributed by atoms with van der Waals surface area (Å²) in [5.41, 5.74) is 1.54. The topological polar surface area (TPSA) is 12.0 Å². The van der Waals surface area contributed by atoms with E-state index in [0.29, 0.717) is 0 Å². The first kappa shape index (κ1) is 13.1. The Balaban J connectivity index is 1.79. The highest BCUT2D eigenvalue weighted by Crippen LogP contribution is 2.28. The zero-order valence-corrected chi connectivity index (χ0v) is 11.8.